The van der Waals surface area contributed by atoms with Gasteiger partial charge in [-0.1, -0.05) is 22.6 Å². The number of carbonyl (C=O) groups is 1. The summed E-state index contributed by atoms with van der Waals surface area (Å²) in [5, 5.41) is 8.60. The van der Waals surface area contributed by atoms with Crippen molar-refractivity contribution in [2.45, 2.75) is 37.9 Å². The first kappa shape index (κ1) is 21.5. The summed E-state index contributed by atoms with van der Waals surface area (Å²) >= 11 is 1.96. The lowest BCUT2D eigenvalue weighted by Gasteiger charge is -2.09. The molecule has 4 heterocycles. The van der Waals surface area contributed by atoms with Crippen LogP contribution in [0.3, 0.4) is 0 Å². The molecule has 0 aromatic carbocycles. The van der Waals surface area contributed by atoms with Crippen LogP contribution in [0.4, 0.5) is 4.79 Å². The number of hydrogen-bond donors (Lipinski definition) is 1. The zero-order valence-electron chi connectivity index (χ0n) is 15.9. The van der Waals surface area contributed by atoms with Crippen LogP contribution < -0.4 is 0 Å². The minimum atomic E-state index is -0.395. The summed E-state index contributed by atoms with van der Waals surface area (Å²) in [6.45, 7) is 4.45. The molecule has 0 saturated carbocycles. The monoisotopic (exact) mass is 485 g/mol. The van der Waals surface area contributed by atoms with Crippen LogP contribution in [0.2, 0.25) is 0 Å². The van der Waals surface area contributed by atoms with E-state index in [9.17, 15) is 4.79 Å². The smallest absolute Gasteiger partial charge is 0.419 e. The Morgan fingerprint density at radius 1 is 1.23 bits per heavy atom. The number of rotatable bonds is 1. The van der Waals surface area contributed by atoms with Gasteiger partial charge in [-0.25, -0.2) is 14.3 Å². The number of ether oxygens (including phenoxy) is 4. The highest BCUT2D eigenvalue weighted by atomic mass is 127. The van der Waals surface area contributed by atoms with Gasteiger partial charge in [-0.15, -0.1) is 0 Å². The molecule has 1 aromatic heterocycles. The number of halogens is 1. The maximum Gasteiger partial charge on any atom is 0.419 e. The third-order valence-electron chi connectivity index (χ3n) is 3.60. The Labute approximate surface area is 169 Å². The second-order valence-electron chi connectivity index (χ2n) is 5.68. The molecule has 3 aliphatic heterocycles. The van der Waals surface area contributed by atoms with Gasteiger partial charge in [0.2, 0.25) is 0 Å². The average molecular weight is 485 g/mol. The van der Waals surface area contributed by atoms with Gasteiger partial charge in [0, 0.05) is 40.0 Å². The Bertz CT molecular complexity index is 456. The average Bonchev–Trinajstić information content (AvgIpc) is 3.43. The largest absolute Gasteiger partial charge is 0.443 e. The molecule has 4 rings (SSSR count). The zero-order valence-corrected chi connectivity index (χ0v) is 17.1. The molecule has 1 N–H and O–H groups in total. The number of nitrogens with zero attached hydrogens (tertiary/aromatic N) is 2. The number of imidazole rings is 1. The van der Waals surface area contributed by atoms with E-state index in [4.69, 9.17) is 25.4 Å². The van der Waals surface area contributed by atoms with Gasteiger partial charge in [0.05, 0.1) is 25.9 Å². The van der Waals surface area contributed by atoms with Gasteiger partial charge in [-0.3, -0.25) is 0 Å². The lowest BCUT2D eigenvalue weighted by atomic mass is 10.3. The van der Waals surface area contributed by atoms with Gasteiger partial charge >= 0.3 is 6.09 Å². The van der Waals surface area contributed by atoms with Gasteiger partial charge in [0.25, 0.3) is 0 Å². The Balaban J connectivity index is 0.000000216. The molecular weight excluding hydrogens is 455 g/mol. The van der Waals surface area contributed by atoms with Crippen molar-refractivity contribution in [2.75, 3.05) is 44.5 Å². The van der Waals surface area contributed by atoms with E-state index in [1.54, 1.807) is 6.20 Å². The molecule has 26 heavy (non-hydrogen) atoms. The van der Waals surface area contributed by atoms with E-state index in [0.29, 0.717) is 24.7 Å². The van der Waals surface area contributed by atoms with Crippen LogP contribution >= 0.6 is 22.6 Å². The molecule has 0 bridgehead atoms. The molecule has 1 aromatic rings. The van der Waals surface area contributed by atoms with Crippen LogP contribution in [0.1, 0.15) is 27.1 Å². The summed E-state index contributed by atoms with van der Waals surface area (Å²) in [4.78, 5) is 15.5. The fourth-order valence-electron chi connectivity index (χ4n) is 2.21. The molecule has 3 aliphatic rings. The minimum absolute atomic E-state index is 0.102. The molecule has 3 saturated heterocycles. The zero-order chi connectivity index (χ0) is 19.7. The number of carbonyl (C=O) groups excluding carboxylic acids is 1. The van der Waals surface area contributed by atoms with Gasteiger partial charge in [-0.2, -0.15) is 0 Å². The Kier molecular flexibility index (Phi) is 12.7. The number of hydrogen-bond acceptors (Lipinski definition) is 7. The van der Waals surface area contributed by atoms with Crippen molar-refractivity contribution < 1.29 is 30.2 Å². The van der Waals surface area contributed by atoms with E-state index in [1.807, 2.05) is 22.6 Å². The molecule has 0 radical (unpaired) electrons. The van der Waals surface area contributed by atoms with E-state index < -0.39 is 6.09 Å². The van der Waals surface area contributed by atoms with E-state index >= 15 is 0 Å². The fraction of sp³-hybridized carbons (Fsp3) is 0.765. The van der Waals surface area contributed by atoms with Crippen LogP contribution in [-0.4, -0.2) is 77.5 Å². The van der Waals surface area contributed by atoms with Crippen LogP contribution in [-0.2, 0) is 18.9 Å². The van der Waals surface area contributed by atoms with Gasteiger partial charge in [0.1, 0.15) is 12.4 Å². The first-order valence-corrected chi connectivity index (χ1v) is 10.1. The third kappa shape index (κ3) is 10.4. The summed E-state index contributed by atoms with van der Waals surface area (Å²) in [6, 6.07) is 0. The maximum atomic E-state index is 11.3. The van der Waals surface area contributed by atoms with E-state index in [1.165, 1.54) is 29.9 Å². The quantitative estimate of drug-likeness (QED) is 0.482. The highest BCUT2D eigenvalue weighted by molar-refractivity contribution is 14.1. The van der Waals surface area contributed by atoms with Crippen LogP contribution in [0, 0.1) is 0 Å². The molecule has 0 spiro atoms. The Morgan fingerprint density at radius 2 is 1.92 bits per heavy atom. The predicted octanol–water partition coefficient (Wildman–Crippen LogP) is 2.27. The van der Waals surface area contributed by atoms with Crippen molar-refractivity contribution in [2.24, 2.45) is 0 Å². The normalized spacial score (nSPS) is 24.2. The van der Waals surface area contributed by atoms with Gasteiger partial charge in [-0.05, 0) is 24.2 Å². The molecule has 0 unspecified atom stereocenters. The SMILES string of the molecule is C1CCOC1.O=C(O[C@@H]1CCOC1)n1ccnc1.O[C@@H]1CCOC1.[2H]CI. The van der Waals surface area contributed by atoms with Crippen LogP contribution in [0.5, 0.6) is 0 Å². The third-order valence-corrected chi connectivity index (χ3v) is 3.60. The number of aliphatic hydroxyl groups is 1. The Hall–Kier alpha value is -0.750. The first-order chi connectivity index (χ1) is 13.2. The van der Waals surface area contributed by atoms with Crippen molar-refractivity contribution in [3.63, 3.8) is 0 Å². The van der Waals surface area contributed by atoms with Crippen LogP contribution in [0.15, 0.2) is 18.7 Å². The first-order valence-electron chi connectivity index (χ1n) is 9.33. The van der Waals surface area contributed by atoms with E-state index in [2.05, 4.69) is 4.98 Å². The molecule has 2 atom stereocenters. The minimum Gasteiger partial charge on any atom is -0.443 e. The van der Waals surface area contributed by atoms with Crippen molar-refractivity contribution in [3.8, 4) is 0 Å². The van der Waals surface area contributed by atoms with Gasteiger partial charge in [0.15, 0.2) is 0 Å². The summed E-state index contributed by atoms with van der Waals surface area (Å²) in [5.41, 5.74) is 0. The highest BCUT2D eigenvalue weighted by Crippen LogP contribution is 2.09. The van der Waals surface area contributed by atoms with Crippen molar-refractivity contribution in [1.29, 1.82) is 0 Å². The lowest BCUT2D eigenvalue weighted by Crippen LogP contribution is -2.21. The fourth-order valence-corrected chi connectivity index (χ4v) is 2.21. The molecule has 150 valence electrons. The standard InChI is InChI=1S/C8H10N2O3.C4H8O2.C4H8O.CH3I/c11-8(10-3-2-9-6-10)13-7-1-4-12-5-7;5-4-1-2-6-3-4;1-2-4-5-3-1;1-2/h2-3,6-7H,1,4-5H2;4-5H,1-3H2;1-4H2;1H3/t7-;4-;;/m11../s1/i;;;1D. The molecule has 8 nitrogen and oxygen atoms in total. The van der Waals surface area contributed by atoms with Gasteiger partial charge < -0.3 is 24.1 Å². The molecule has 0 amide bonds. The van der Waals surface area contributed by atoms with Crippen molar-refractivity contribution in [3.05, 3.63) is 18.7 Å². The number of alkyl halides is 1. The molecule has 0 aliphatic carbocycles. The number of aromatic nitrogens is 2. The van der Waals surface area contributed by atoms with Crippen molar-refractivity contribution in [1.82, 2.24) is 9.55 Å². The summed E-state index contributed by atoms with van der Waals surface area (Å²) < 4.78 is 27.4. The van der Waals surface area contributed by atoms with Crippen molar-refractivity contribution >= 4 is 28.7 Å². The molecule has 9 heteroatoms. The summed E-state index contributed by atoms with van der Waals surface area (Å²) in [7, 11) is 0. The topological polar surface area (TPSA) is 92.0 Å². The second kappa shape index (κ2) is 15.3. The van der Waals surface area contributed by atoms with Crippen LogP contribution in [0.25, 0.3) is 0 Å². The number of aliphatic hydroxyl groups excluding tert-OH is 1. The van der Waals surface area contributed by atoms with E-state index in [-0.39, 0.29) is 12.2 Å². The maximum absolute atomic E-state index is 11.3. The summed E-state index contributed by atoms with van der Waals surface area (Å²) in [5.74, 6) is 0. The summed E-state index contributed by atoms with van der Waals surface area (Å²) in [6.07, 6.45) is 7.98. The molecular formula is C17H29IN2O6. The van der Waals surface area contributed by atoms with E-state index in [0.717, 1.165) is 32.7 Å². The lowest BCUT2D eigenvalue weighted by molar-refractivity contribution is 0.0841. The second-order valence-corrected chi connectivity index (χ2v) is 5.68. The predicted molar refractivity (Wildman–Crippen MR) is 105 cm³/mol. The Morgan fingerprint density at radius 3 is 2.31 bits per heavy atom. The highest BCUT2D eigenvalue weighted by Gasteiger charge is 2.20. The molecule has 3 fully saturated rings.